The normalized spacial score (nSPS) is 10.5. The van der Waals surface area contributed by atoms with Gasteiger partial charge in [-0.25, -0.2) is 4.79 Å². The molecule has 120 valence electrons. The van der Waals surface area contributed by atoms with E-state index in [0.717, 1.165) is 6.42 Å². The molecule has 22 heavy (non-hydrogen) atoms. The Balaban J connectivity index is 2.59. The molecule has 0 aliphatic rings. The van der Waals surface area contributed by atoms with E-state index in [0.29, 0.717) is 16.6 Å². The number of esters is 1. The molecule has 6 nitrogen and oxygen atoms in total. The van der Waals surface area contributed by atoms with Gasteiger partial charge in [0.25, 0.3) is 5.91 Å². The van der Waals surface area contributed by atoms with E-state index >= 15 is 0 Å². The van der Waals surface area contributed by atoms with Crippen molar-refractivity contribution in [1.29, 1.82) is 0 Å². The highest BCUT2D eigenvalue weighted by atomic mass is 79.9. The van der Waals surface area contributed by atoms with E-state index in [-0.39, 0.29) is 24.0 Å². The number of phenolic OH excluding ortho intramolecular Hbond substituents is 1. The Morgan fingerprint density at radius 3 is 2.77 bits per heavy atom. The number of hydrogen-bond acceptors (Lipinski definition) is 5. The molecule has 1 rings (SSSR count). The molecule has 1 amide bonds. The van der Waals surface area contributed by atoms with Crippen molar-refractivity contribution in [3.8, 4) is 11.5 Å². The Kier molecular flexibility index (Phi) is 7.45. The SMILES string of the molecule is CCCNC(=O)COC(=O)/C=C/c1cc(Br)c(O)c(OC)c1. The van der Waals surface area contributed by atoms with Crippen molar-refractivity contribution in [2.75, 3.05) is 20.3 Å². The first-order valence-corrected chi connectivity index (χ1v) is 7.45. The van der Waals surface area contributed by atoms with Gasteiger partial charge in [-0.2, -0.15) is 0 Å². The van der Waals surface area contributed by atoms with E-state index in [2.05, 4.69) is 21.2 Å². The van der Waals surface area contributed by atoms with Crippen molar-refractivity contribution in [3.63, 3.8) is 0 Å². The minimum Gasteiger partial charge on any atom is -0.503 e. The maximum atomic E-state index is 11.5. The summed E-state index contributed by atoms with van der Waals surface area (Å²) >= 11 is 3.19. The van der Waals surface area contributed by atoms with Crippen molar-refractivity contribution >= 4 is 33.9 Å². The third-order valence-electron chi connectivity index (χ3n) is 2.60. The molecule has 0 saturated carbocycles. The summed E-state index contributed by atoms with van der Waals surface area (Å²) < 4.78 is 10.3. The van der Waals surface area contributed by atoms with Crippen LogP contribution in [0.15, 0.2) is 22.7 Å². The maximum Gasteiger partial charge on any atom is 0.331 e. The molecule has 0 atom stereocenters. The summed E-state index contributed by atoms with van der Waals surface area (Å²) in [5.41, 5.74) is 0.633. The van der Waals surface area contributed by atoms with Gasteiger partial charge in [-0.1, -0.05) is 6.92 Å². The fraction of sp³-hybridized carbons (Fsp3) is 0.333. The Morgan fingerprint density at radius 1 is 1.41 bits per heavy atom. The van der Waals surface area contributed by atoms with Gasteiger partial charge >= 0.3 is 5.97 Å². The van der Waals surface area contributed by atoms with Gasteiger partial charge in [-0.3, -0.25) is 4.79 Å². The fourth-order valence-corrected chi connectivity index (χ4v) is 1.97. The van der Waals surface area contributed by atoms with Gasteiger partial charge in [0, 0.05) is 12.6 Å². The van der Waals surface area contributed by atoms with Crippen LogP contribution >= 0.6 is 15.9 Å². The van der Waals surface area contributed by atoms with Gasteiger partial charge in [0.05, 0.1) is 11.6 Å². The van der Waals surface area contributed by atoms with Crippen molar-refractivity contribution in [1.82, 2.24) is 5.32 Å². The van der Waals surface area contributed by atoms with Crippen molar-refractivity contribution in [3.05, 3.63) is 28.2 Å². The predicted octanol–water partition coefficient (Wildman–Crippen LogP) is 2.25. The summed E-state index contributed by atoms with van der Waals surface area (Å²) in [5.74, 6) is -0.705. The van der Waals surface area contributed by atoms with Crippen molar-refractivity contribution in [2.24, 2.45) is 0 Å². The molecule has 0 spiro atoms. The smallest absolute Gasteiger partial charge is 0.331 e. The Morgan fingerprint density at radius 2 is 2.14 bits per heavy atom. The molecule has 0 heterocycles. The molecule has 2 N–H and O–H groups in total. The number of nitrogens with one attached hydrogen (secondary N) is 1. The van der Waals surface area contributed by atoms with Crippen LogP contribution in [-0.4, -0.2) is 37.2 Å². The number of ether oxygens (including phenoxy) is 2. The quantitative estimate of drug-likeness (QED) is 0.567. The zero-order valence-electron chi connectivity index (χ0n) is 12.4. The first kappa shape index (κ1) is 18.0. The number of rotatable bonds is 7. The van der Waals surface area contributed by atoms with Gasteiger partial charge in [0.15, 0.2) is 18.1 Å². The van der Waals surface area contributed by atoms with Crippen LogP contribution in [0, 0.1) is 0 Å². The van der Waals surface area contributed by atoms with Crippen LogP contribution in [0.2, 0.25) is 0 Å². The molecule has 0 aromatic heterocycles. The largest absolute Gasteiger partial charge is 0.503 e. The van der Waals surface area contributed by atoms with Gasteiger partial charge < -0.3 is 19.9 Å². The standard InChI is InChI=1S/C15H18BrNO5/c1-3-6-17-13(18)9-22-14(19)5-4-10-7-11(16)15(20)12(8-10)21-2/h4-5,7-8,20H,3,6,9H2,1-2H3,(H,17,18)/b5-4+. The number of methoxy groups -OCH3 is 1. The number of carbonyl (C=O) groups excluding carboxylic acids is 2. The molecule has 1 aromatic rings. The van der Waals surface area contributed by atoms with Crippen LogP contribution in [0.5, 0.6) is 11.5 Å². The zero-order valence-corrected chi connectivity index (χ0v) is 14.0. The van der Waals surface area contributed by atoms with E-state index in [1.807, 2.05) is 6.92 Å². The number of phenols is 1. The molecule has 0 aliphatic carbocycles. The number of halogens is 1. The highest BCUT2D eigenvalue weighted by Gasteiger charge is 2.08. The maximum absolute atomic E-state index is 11.5. The van der Waals surface area contributed by atoms with Crippen LogP contribution in [0.1, 0.15) is 18.9 Å². The number of carbonyl (C=O) groups is 2. The molecule has 7 heteroatoms. The molecule has 0 radical (unpaired) electrons. The average molecular weight is 372 g/mol. The first-order chi connectivity index (χ1) is 10.5. The molecular weight excluding hydrogens is 354 g/mol. The molecule has 0 saturated heterocycles. The fourth-order valence-electron chi connectivity index (χ4n) is 1.51. The number of benzene rings is 1. The summed E-state index contributed by atoms with van der Waals surface area (Å²) in [6.07, 6.45) is 3.52. The van der Waals surface area contributed by atoms with E-state index < -0.39 is 5.97 Å². The second kappa shape index (κ2) is 9.09. The number of hydrogen-bond donors (Lipinski definition) is 2. The average Bonchev–Trinajstić information content (AvgIpc) is 2.51. The van der Waals surface area contributed by atoms with Crippen molar-refractivity contribution in [2.45, 2.75) is 13.3 Å². The molecule has 0 fully saturated rings. The predicted molar refractivity (Wildman–Crippen MR) is 85.7 cm³/mol. The van der Waals surface area contributed by atoms with E-state index in [4.69, 9.17) is 9.47 Å². The van der Waals surface area contributed by atoms with Crippen LogP contribution in [0.25, 0.3) is 6.08 Å². The van der Waals surface area contributed by atoms with Crippen LogP contribution in [0.3, 0.4) is 0 Å². The summed E-state index contributed by atoms with van der Waals surface area (Å²) in [4.78, 5) is 22.8. The molecule has 0 bridgehead atoms. The molecular formula is C15H18BrNO5. The lowest BCUT2D eigenvalue weighted by molar-refractivity contribution is -0.143. The summed E-state index contributed by atoms with van der Waals surface area (Å²) in [6, 6.07) is 3.19. The number of amides is 1. The lowest BCUT2D eigenvalue weighted by Crippen LogP contribution is -2.28. The zero-order chi connectivity index (χ0) is 16.5. The van der Waals surface area contributed by atoms with E-state index in [1.165, 1.54) is 19.3 Å². The number of aromatic hydroxyl groups is 1. The highest BCUT2D eigenvalue weighted by molar-refractivity contribution is 9.10. The lowest BCUT2D eigenvalue weighted by Gasteiger charge is -2.06. The van der Waals surface area contributed by atoms with Gasteiger partial charge in [0.2, 0.25) is 0 Å². The molecule has 1 aromatic carbocycles. The molecule has 0 unspecified atom stereocenters. The third kappa shape index (κ3) is 5.77. The Hall–Kier alpha value is -2.02. The summed E-state index contributed by atoms with van der Waals surface area (Å²) in [7, 11) is 1.43. The minimum absolute atomic E-state index is 0.0187. The van der Waals surface area contributed by atoms with Gasteiger partial charge in [0.1, 0.15) is 0 Å². The third-order valence-corrected chi connectivity index (χ3v) is 3.20. The highest BCUT2D eigenvalue weighted by Crippen LogP contribution is 2.35. The second-order valence-electron chi connectivity index (χ2n) is 4.34. The Bertz CT molecular complexity index is 571. The minimum atomic E-state index is -0.630. The van der Waals surface area contributed by atoms with E-state index in [1.54, 1.807) is 12.1 Å². The van der Waals surface area contributed by atoms with E-state index in [9.17, 15) is 14.7 Å². The topological polar surface area (TPSA) is 84.9 Å². The van der Waals surface area contributed by atoms with Crippen molar-refractivity contribution < 1.29 is 24.2 Å². The lowest BCUT2D eigenvalue weighted by atomic mass is 10.2. The summed E-state index contributed by atoms with van der Waals surface area (Å²) in [6.45, 7) is 2.17. The van der Waals surface area contributed by atoms with Crippen LogP contribution in [0.4, 0.5) is 0 Å². The van der Waals surface area contributed by atoms with Crippen LogP contribution in [-0.2, 0) is 14.3 Å². The summed E-state index contributed by atoms with van der Waals surface area (Å²) in [5, 5.41) is 12.3. The molecule has 0 aliphatic heterocycles. The second-order valence-corrected chi connectivity index (χ2v) is 5.20. The first-order valence-electron chi connectivity index (χ1n) is 6.66. The monoisotopic (exact) mass is 371 g/mol. The Labute approximate surface area is 137 Å². The van der Waals surface area contributed by atoms with Gasteiger partial charge in [-0.05, 0) is 46.1 Å². The van der Waals surface area contributed by atoms with Gasteiger partial charge in [-0.15, -0.1) is 0 Å². The van der Waals surface area contributed by atoms with Crippen LogP contribution < -0.4 is 10.1 Å².